The van der Waals surface area contributed by atoms with Crippen LogP contribution in [-0.4, -0.2) is 24.4 Å². The van der Waals surface area contributed by atoms with Gasteiger partial charge in [-0.25, -0.2) is 0 Å². The summed E-state index contributed by atoms with van der Waals surface area (Å²) in [5.74, 6) is 1.08. The standard InChI is InChI=1S/C14H21NOS/c1-4-16-14(12-8-6-5-7-9-12)13(2,3)15-10-11-17-14/h5-9,15H,4,10-11H2,1-3H3. The third kappa shape index (κ3) is 2.24. The van der Waals surface area contributed by atoms with Gasteiger partial charge < -0.3 is 10.1 Å². The highest BCUT2D eigenvalue weighted by Gasteiger charge is 2.49. The molecule has 0 aromatic heterocycles. The molecule has 2 rings (SSSR count). The molecule has 1 unspecified atom stereocenters. The molecule has 1 aromatic rings. The van der Waals surface area contributed by atoms with Crippen molar-refractivity contribution in [3.8, 4) is 0 Å². The first-order valence-electron chi connectivity index (χ1n) is 6.21. The lowest BCUT2D eigenvalue weighted by molar-refractivity contribution is -0.0323. The van der Waals surface area contributed by atoms with Crippen molar-refractivity contribution in [2.75, 3.05) is 18.9 Å². The number of ether oxygens (including phenoxy) is 1. The average molecular weight is 251 g/mol. The van der Waals surface area contributed by atoms with E-state index in [1.54, 1.807) is 0 Å². The molecule has 1 aliphatic heterocycles. The van der Waals surface area contributed by atoms with Gasteiger partial charge in [0, 0.05) is 18.9 Å². The highest BCUT2D eigenvalue weighted by molar-refractivity contribution is 8.00. The van der Waals surface area contributed by atoms with E-state index in [1.807, 2.05) is 11.8 Å². The van der Waals surface area contributed by atoms with E-state index < -0.39 is 0 Å². The predicted octanol–water partition coefficient (Wildman–Crippen LogP) is 2.99. The summed E-state index contributed by atoms with van der Waals surface area (Å²) in [4.78, 5) is -0.277. The zero-order valence-corrected chi connectivity index (χ0v) is 11.6. The van der Waals surface area contributed by atoms with Gasteiger partial charge in [0.25, 0.3) is 0 Å². The molecule has 1 aromatic carbocycles. The molecule has 1 heterocycles. The Labute approximate surface area is 108 Å². The molecule has 0 spiro atoms. The normalized spacial score (nSPS) is 27.9. The quantitative estimate of drug-likeness (QED) is 0.892. The lowest BCUT2D eigenvalue weighted by Gasteiger charge is -2.49. The van der Waals surface area contributed by atoms with Crippen LogP contribution in [0.25, 0.3) is 0 Å². The average Bonchev–Trinajstić information content (AvgIpc) is 2.33. The molecule has 1 saturated heterocycles. The summed E-state index contributed by atoms with van der Waals surface area (Å²) in [5.41, 5.74) is 1.19. The molecule has 1 atom stereocenters. The summed E-state index contributed by atoms with van der Waals surface area (Å²) < 4.78 is 6.17. The van der Waals surface area contributed by atoms with E-state index in [4.69, 9.17) is 4.74 Å². The zero-order valence-electron chi connectivity index (χ0n) is 10.8. The van der Waals surface area contributed by atoms with Crippen LogP contribution in [0.5, 0.6) is 0 Å². The number of thioether (sulfide) groups is 1. The third-order valence-electron chi connectivity index (χ3n) is 3.30. The lowest BCUT2D eigenvalue weighted by Crippen LogP contribution is -2.60. The van der Waals surface area contributed by atoms with Gasteiger partial charge >= 0.3 is 0 Å². The number of benzene rings is 1. The Bertz CT molecular complexity index is 362. The molecule has 1 aliphatic rings. The summed E-state index contributed by atoms with van der Waals surface area (Å²) in [6.07, 6.45) is 0. The Hall–Kier alpha value is -0.510. The second kappa shape index (κ2) is 5.01. The van der Waals surface area contributed by atoms with Crippen molar-refractivity contribution in [1.82, 2.24) is 5.32 Å². The van der Waals surface area contributed by atoms with E-state index in [0.29, 0.717) is 0 Å². The van der Waals surface area contributed by atoms with Crippen LogP contribution in [0.1, 0.15) is 26.3 Å². The van der Waals surface area contributed by atoms with E-state index in [9.17, 15) is 0 Å². The topological polar surface area (TPSA) is 21.3 Å². The number of rotatable bonds is 3. The van der Waals surface area contributed by atoms with Crippen LogP contribution >= 0.6 is 11.8 Å². The Morgan fingerprint density at radius 3 is 2.59 bits per heavy atom. The molecule has 0 amide bonds. The summed E-state index contributed by atoms with van der Waals surface area (Å²) in [7, 11) is 0. The maximum Gasteiger partial charge on any atom is 0.156 e. The van der Waals surface area contributed by atoms with E-state index in [1.165, 1.54) is 5.56 Å². The van der Waals surface area contributed by atoms with Gasteiger partial charge in [0.1, 0.15) is 0 Å². The molecular formula is C14H21NOS. The van der Waals surface area contributed by atoms with E-state index in [2.05, 4.69) is 56.4 Å². The maximum atomic E-state index is 6.17. The van der Waals surface area contributed by atoms with Crippen molar-refractivity contribution < 1.29 is 4.74 Å². The third-order valence-corrected chi connectivity index (χ3v) is 4.98. The Balaban J connectivity index is 2.44. The molecule has 0 bridgehead atoms. The summed E-state index contributed by atoms with van der Waals surface area (Å²) in [6, 6.07) is 10.6. The largest absolute Gasteiger partial charge is 0.358 e. The van der Waals surface area contributed by atoms with Gasteiger partial charge in [-0.1, -0.05) is 30.3 Å². The smallest absolute Gasteiger partial charge is 0.156 e. The summed E-state index contributed by atoms with van der Waals surface area (Å²) in [6.45, 7) is 8.28. The molecule has 0 saturated carbocycles. The first-order valence-corrected chi connectivity index (χ1v) is 7.19. The van der Waals surface area contributed by atoms with Crippen LogP contribution in [-0.2, 0) is 9.67 Å². The van der Waals surface area contributed by atoms with Crippen molar-refractivity contribution in [1.29, 1.82) is 0 Å². The van der Waals surface area contributed by atoms with E-state index in [-0.39, 0.29) is 10.5 Å². The van der Waals surface area contributed by atoms with Crippen LogP contribution < -0.4 is 5.32 Å². The van der Waals surface area contributed by atoms with Crippen molar-refractivity contribution in [3.05, 3.63) is 35.9 Å². The van der Waals surface area contributed by atoms with Crippen molar-refractivity contribution >= 4 is 11.8 Å². The van der Waals surface area contributed by atoms with Gasteiger partial charge in [0.2, 0.25) is 0 Å². The van der Waals surface area contributed by atoms with Gasteiger partial charge in [0.05, 0.1) is 5.54 Å². The minimum absolute atomic E-state index is 0.0622. The molecule has 17 heavy (non-hydrogen) atoms. The van der Waals surface area contributed by atoms with Crippen LogP contribution in [0, 0.1) is 0 Å². The minimum Gasteiger partial charge on any atom is -0.358 e. The molecular weight excluding hydrogens is 230 g/mol. The van der Waals surface area contributed by atoms with Crippen molar-refractivity contribution in [2.24, 2.45) is 0 Å². The van der Waals surface area contributed by atoms with Crippen LogP contribution in [0.2, 0.25) is 0 Å². The van der Waals surface area contributed by atoms with Gasteiger partial charge in [-0.15, -0.1) is 11.8 Å². The minimum atomic E-state index is -0.277. The maximum absolute atomic E-state index is 6.17. The van der Waals surface area contributed by atoms with Gasteiger partial charge in [-0.05, 0) is 26.3 Å². The fraction of sp³-hybridized carbons (Fsp3) is 0.571. The van der Waals surface area contributed by atoms with E-state index >= 15 is 0 Å². The Morgan fingerprint density at radius 1 is 1.29 bits per heavy atom. The van der Waals surface area contributed by atoms with Crippen LogP contribution in [0.4, 0.5) is 0 Å². The lowest BCUT2D eigenvalue weighted by atomic mass is 9.89. The van der Waals surface area contributed by atoms with Gasteiger partial charge in [0.15, 0.2) is 4.93 Å². The molecule has 0 radical (unpaired) electrons. The predicted molar refractivity (Wildman–Crippen MR) is 74.3 cm³/mol. The number of nitrogens with one attached hydrogen (secondary N) is 1. The first kappa shape index (κ1) is 12.9. The highest BCUT2D eigenvalue weighted by Crippen LogP contribution is 2.48. The van der Waals surface area contributed by atoms with Gasteiger partial charge in [-0.3, -0.25) is 0 Å². The number of hydrogen-bond donors (Lipinski definition) is 1. The molecule has 1 fully saturated rings. The monoisotopic (exact) mass is 251 g/mol. The highest BCUT2D eigenvalue weighted by atomic mass is 32.2. The SMILES string of the molecule is CCOC1(c2ccccc2)SCCNC1(C)C. The molecule has 3 heteroatoms. The number of hydrogen-bond acceptors (Lipinski definition) is 3. The Kier molecular flexibility index (Phi) is 3.81. The van der Waals surface area contributed by atoms with Crippen molar-refractivity contribution in [3.63, 3.8) is 0 Å². The zero-order chi connectivity index (χ0) is 12.4. The molecule has 1 N–H and O–H groups in total. The fourth-order valence-corrected chi connectivity index (χ4v) is 3.89. The second-order valence-electron chi connectivity index (χ2n) is 4.82. The second-order valence-corrected chi connectivity index (χ2v) is 6.09. The van der Waals surface area contributed by atoms with Crippen LogP contribution in [0.3, 0.4) is 0 Å². The first-order chi connectivity index (χ1) is 8.12. The van der Waals surface area contributed by atoms with Crippen molar-refractivity contribution in [2.45, 2.75) is 31.2 Å². The summed E-state index contributed by atoms with van der Waals surface area (Å²) >= 11 is 1.91. The van der Waals surface area contributed by atoms with Gasteiger partial charge in [-0.2, -0.15) is 0 Å². The van der Waals surface area contributed by atoms with Crippen LogP contribution in [0.15, 0.2) is 30.3 Å². The van der Waals surface area contributed by atoms with E-state index in [0.717, 1.165) is 18.9 Å². The Morgan fingerprint density at radius 2 is 2.00 bits per heavy atom. The molecule has 94 valence electrons. The molecule has 2 nitrogen and oxygen atoms in total. The summed E-state index contributed by atoms with van der Waals surface area (Å²) in [5, 5.41) is 3.59. The molecule has 0 aliphatic carbocycles. The fourth-order valence-electron chi connectivity index (χ4n) is 2.47.